The molecule has 30 heavy (non-hydrogen) atoms. The van der Waals surface area contributed by atoms with E-state index in [0.717, 1.165) is 12.8 Å². The predicted molar refractivity (Wildman–Crippen MR) is 111 cm³/mol. The van der Waals surface area contributed by atoms with Crippen molar-refractivity contribution < 1.29 is 29.6 Å². The Morgan fingerprint density at radius 2 is 1.90 bits per heavy atom. The summed E-state index contributed by atoms with van der Waals surface area (Å²) in [6.45, 7) is 7.96. The maximum Gasteiger partial charge on any atom is 0.342 e. The van der Waals surface area contributed by atoms with Gasteiger partial charge in [-0.1, -0.05) is 26.8 Å². The van der Waals surface area contributed by atoms with Crippen molar-refractivity contribution in [3.8, 4) is 11.5 Å². The quantitative estimate of drug-likeness (QED) is 0.515. The molecule has 164 valence electrons. The highest BCUT2D eigenvalue weighted by atomic mass is 16.6. The Kier molecular flexibility index (Phi) is 4.75. The Bertz CT molecular complexity index is 895. The molecular formula is C24H32O6. The van der Waals surface area contributed by atoms with Gasteiger partial charge < -0.3 is 24.8 Å². The molecule has 6 nitrogen and oxygen atoms in total. The van der Waals surface area contributed by atoms with Gasteiger partial charge in [0.2, 0.25) is 0 Å². The average molecular weight is 417 g/mol. The second-order valence-corrected chi connectivity index (χ2v) is 10.3. The third-order valence-corrected chi connectivity index (χ3v) is 7.89. The number of aryl methyl sites for hydroxylation is 1. The molecule has 2 unspecified atom stereocenters. The van der Waals surface area contributed by atoms with Gasteiger partial charge in [-0.05, 0) is 60.6 Å². The molecule has 0 saturated heterocycles. The minimum Gasteiger partial charge on any atom is -0.507 e. The number of ether oxygens (including phenoxy) is 2. The first-order chi connectivity index (χ1) is 14.0. The molecule has 0 bridgehead atoms. The van der Waals surface area contributed by atoms with Crippen LogP contribution in [0.2, 0.25) is 0 Å². The number of carbonyl (C=O) groups excluding carboxylic acids is 1. The minimum atomic E-state index is -1.39. The summed E-state index contributed by atoms with van der Waals surface area (Å²) in [4.78, 5) is 12.9. The Morgan fingerprint density at radius 3 is 2.50 bits per heavy atom. The van der Waals surface area contributed by atoms with Crippen LogP contribution >= 0.6 is 0 Å². The molecule has 0 radical (unpaired) electrons. The number of fused-ring (bicyclic) bond motifs is 3. The first kappa shape index (κ1) is 21.2. The molecule has 3 aliphatic rings. The number of aromatic hydroxyl groups is 1. The van der Waals surface area contributed by atoms with Gasteiger partial charge in [0.1, 0.15) is 28.8 Å². The highest BCUT2D eigenvalue weighted by Crippen LogP contribution is 2.68. The molecule has 0 aliphatic heterocycles. The third-order valence-electron chi connectivity index (χ3n) is 7.89. The van der Waals surface area contributed by atoms with Crippen LogP contribution in [-0.2, 0) is 4.74 Å². The second-order valence-electron chi connectivity index (χ2n) is 10.3. The first-order valence-electron chi connectivity index (χ1n) is 10.6. The van der Waals surface area contributed by atoms with E-state index >= 15 is 0 Å². The number of phenolic OH excluding ortho intramolecular Hbond substituents is 1. The van der Waals surface area contributed by atoms with Gasteiger partial charge in [-0.3, -0.25) is 0 Å². The summed E-state index contributed by atoms with van der Waals surface area (Å²) in [5.41, 5.74) is -0.532. The van der Waals surface area contributed by atoms with Crippen molar-refractivity contribution in [1.29, 1.82) is 0 Å². The van der Waals surface area contributed by atoms with Crippen LogP contribution in [0, 0.1) is 29.6 Å². The molecule has 4 rings (SSSR count). The van der Waals surface area contributed by atoms with Crippen molar-refractivity contribution in [2.75, 3.05) is 13.7 Å². The summed E-state index contributed by atoms with van der Waals surface area (Å²) in [5.74, 6) is 0.143. The summed E-state index contributed by atoms with van der Waals surface area (Å²) in [6, 6.07) is 3.02. The number of methoxy groups -OCH3 is 1. The molecule has 3 N–H and O–H groups in total. The van der Waals surface area contributed by atoms with Gasteiger partial charge >= 0.3 is 5.97 Å². The largest absolute Gasteiger partial charge is 0.507 e. The molecule has 5 atom stereocenters. The van der Waals surface area contributed by atoms with E-state index in [-0.39, 0.29) is 29.3 Å². The Labute approximate surface area is 177 Å². The van der Waals surface area contributed by atoms with Gasteiger partial charge in [0.25, 0.3) is 0 Å². The van der Waals surface area contributed by atoms with Crippen LogP contribution in [0.5, 0.6) is 11.5 Å². The van der Waals surface area contributed by atoms with Gasteiger partial charge in [0, 0.05) is 11.5 Å². The number of benzene rings is 1. The second kappa shape index (κ2) is 6.72. The van der Waals surface area contributed by atoms with Gasteiger partial charge in [0.05, 0.1) is 13.7 Å². The Balaban J connectivity index is 1.63. The number of phenols is 1. The van der Waals surface area contributed by atoms with Crippen LogP contribution in [0.15, 0.2) is 23.8 Å². The zero-order valence-electron chi connectivity index (χ0n) is 18.4. The fourth-order valence-electron chi connectivity index (χ4n) is 6.41. The van der Waals surface area contributed by atoms with Gasteiger partial charge in [-0.15, -0.1) is 0 Å². The summed E-state index contributed by atoms with van der Waals surface area (Å²) in [6.07, 6.45) is 3.79. The van der Waals surface area contributed by atoms with E-state index < -0.39 is 23.1 Å². The van der Waals surface area contributed by atoms with Crippen LogP contribution in [0.4, 0.5) is 0 Å². The SMILES string of the molecule is COc1cc(C)c(C(=O)O[C@@H]2C[C@]3(C)C4CC(C)(C)CC4C=C(CO)[C@]23O)c(O)c1. The van der Waals surface area contributed by atoms with Crippen molar-refractivity contribution in [3.63, 3.8) is 0 Å². The van der Waals surface area contributed by atoms with E-state index in [1.807, 2.05) is 6.08 Å². The van der Waals surface area contributed by atoms with Crippen molar-refractivity contribution in [1.82, 2.24) is 0 Å². The lowest BCUT2D eigenvalue weighted by atomic mass is 9.44. The zero-order chi connectivity index (χ0) is 22.1. The number of esters is 1. The Hall–Kier alpha value is -2.05. The fraction of sp³-hybridized carbons (Fsp3) is 0.625. The number of hydrogen-bond acceptors (Lipinski definition) is 6. The monoisotopic (exact) mass is 416 g/mol. The fourth-order valence-corrected chi connectivity index (χ4v) is 6.41. The van der Waals surface area contributed by atoms with Crippen LogP contribution in [0.3, 0.4) is 0 Å². The highest BCUT2D eigenvalue weighted by molar-refractivity contribution is 5.94. The molecule has 0 aromatic heterocycles. The number of carbonyl (C=O) groups is 1. The normalized spacial score (nSPS) is 36.2. The minimum absolute atomic E-state index is 0.0678. The van der Waals surface area contributed by atoms with E-state index in [0.29, 0.717) is 29.2 Å². The molecule has 1 aromatic rings. The highest BCUT2D eigenvalue weighted by Gasteiger charge is 2.72. The molecule has 3 aliphatic carbocycles. The van der Waals surface area contributed by atoms with Gasteiger partial charge in [-0.2, -0.15) is 0 Å². The van der Waals surface area contributed by atoms with E-state index in [2.05, 4.69) is 20.8 Å². The van der Waals surface area contributed by atoms with Crippen molar-refractivity contribution >= 4 is 5.97 Å². The van der Waals surface area contributed by atoms with Gasteiger partial charge in [-0.25, -0.2) is 4.79 Å². The molecule has 0 heterocycles. The smallest absolute Gasteiger partial charge is 0.342 e. The molecule has 2 fully saturated rings. The van der Waals surface area contributed by atoms with E-state index in [1.165, 1.54) is 13.2 Å². The maximum absolute atomic E-state index is 12.9. The number of allylic oxidation sites excluding steroid dienone is 1. The summed E-state index contributed by atoms with van der Waals surface area (Å²) < 4.78 is 10.9. The molecule has 0 amide bonds. The topological polar surface area (TPSA) is 96.2 Å². The van der Waals surface area contributed by atoms with Crippen molar-refractivity contribution in [2.24, 2.45) is 22.7 Å². The average Bonchev–Trinajstić information content (AvgIpc) is 2.98. The molecule has 0 spiro atoms. The number of aliphatic hydroxyl groups is 2. The van der Waals surface area contributed by atoms with E-state index in [4.69, 9.17) is 9.47 Å². The summed E-state index contributed by atoms with van der Waals surface area (Å²) in [7, 11) is 1.49. The standard InChI is InChI=1S/C24H32O6/c1-13-6-16(29-5)8-18(26)20(13)21(27)30-19-11-23(4)17-10-22(2,3)9-14(17)7-15(12-25)24(19,23)28/h6-8,14,17,19,25-26,28H,9-12H2,1-5H3/t14?,17?,19-,23-,24+/m1/s1. The third kappa shape index (κ3) is 2.80. The van der Waals surface area contributed by atoms with Crippen molar-refractivity contribution in [3.05, 3.63) is 34.9 Å². The van der Waals surface area contributed by atoms with Crippen LogP contribution in [-0.4, -0.2) is 46.7 Å². The first-order valence-corrected chi connectivity index (χ1v) is 10.6. The summed E-state index contributed by atoms with van der Waals surface area (Å²) >= 11 is 0. The van der Waals surface area contributed by atoms with Crippen LogP contribution < -0.4 is 4.74 Å². The molecule has 6 heteroatoms. The number of hydrogen-bond donors (Lipinski definition) is 3. The lowest BCUT2D eigenvalue weighted by molar-refractivity contribution is -0.250. The number of rotatable bonds is 4. The van der Waals surface area contributed by atoms with E-state index in [9.17, 15) is 20.1 Å². The Morgan fingerprint density at radius 1 is 1.20 bits per heavy atom. The number of aliphatic hydroxyl groups excluding tert-OH is 1. The zero-order valence-corrected chi connectivity index (χ0v) is 18.4. The molecule has 2 saturated carbocycles. The summed E-state index contributed by atoms with van der Waals surface area (Å²) in [5, 5.41) is 32.1. The van der Waals surface area contributed by atoms with Crippen LogP contribution in [0.1, 0.15) is 56.0 Å². The van der Waals surface area contributed by atoms with Crippen molar-refractivity contribution in [2.45, 2.75) is 58.7 Å². The molecular weight excluding hydrogens is 384 g/mol. The lowest BCUT2D eigenvalue weighted by Gasteiger charge is -2.65. The van der Waals surface area contributed by atoms with Crippen LogP contribution in [0.25, 0.3) is 0 Å². The predicted octanol–water partition coefficient (Wildman–Crippen LogP) is 3.36. The van der Waals surface area contributed by atoms with Gasteiger partial charge in [0.15, 0.2) is 0 Å². The maximum atomic E-state index is 12.9. The molecule has 1 aromatic carbocycles. The van der Waals surface area contributed by atoms with E-state index in [1.54, 1.807) is 13.0 Å². The lowest BCUT2D eigenvalue weighted by Crippen LogP contribution is -2.73.